The van der Waals surface area contributed by atoms with Gasteiger partial charge in [0, 0.05) is 37.3 Å². The molecule has 1 aromatic carbocycles. The SMILES string of the molecule is CCN1CCC2(CCN(c3c(F)cc4c(=O)c(C(=O)O)cn(C5CC5)c4c3F)C2)C1. The third-order valence-corrected chi connectivity index (χ3v) is 7.07. The molecule has 8 heteroatoms. The molecule has 1 N–H and O–H groups in total. The number of anilines is 1. The highest BCUT2D eigenvalue weighted by atomic mass is 19.1. The number of carboxylic acids is 1. The number of likely N-dealkylation sites (tertiary alicyclic amines) is 1. The number of aromatic carboxylic acids is 1. The largest absolute Gasteiger partial charge is 0.477 e. The molecule has 1 atom stereocenters. The summed E-state index contributed by atoms with van der Waals surface area (Å²) < 4.78 is 32.4. The van der Waals surface area contributed by atoms with Crippen LogP contribution < -0.4 is 10.3 Å². The number of hydrogen-bond acceptors (Lipinski definition) is 4. The Bertz CT molecular complexity index is 1110. The van der Waals surface area contributed by atoms with Gasteiger partial charge in [-0.1, -0.05) is 6.92 Å². The first-order valence-electron chi connectivity index (χ1n) is 10.6. The first-order valence-corrected chi connectivity index (χ1v) is 10.6. The molecule has 0 radical (unpaired) electrons. The molecule has 3 heterocycles. The van der Waals surface area contributed by atoms with Crippen LogP contribution in [0.1, 0.15) is 49.0 Å². The minimum absolute atomic E-state index is 0.0199. The van der Waals surface area contributed by atoms with Crippen molar-refractivity contribution in [2.75, 3.05) is 37.6 Å². The second-order valence-electron chi connectivity index (χ2n) is 9.02. The fourth-order valence-corrected chi connectivity index (χ4v) is 5.27. The maximum atomic E-state index is 15.8. The molecule has 1 aromatic heterocycles. The van der Waals surface area contributed by atoms with Crippen LogP contribution in [0.4, 0.5) is 14.5 Å². The van der Waals surface area contributed by atoms with E-state index in [4.69, 9.17) is 0 Å². The number of rotatable bonds is 4. The summed E-state index contributed by atoms with van der Waals surface area (Å²) >= 11 is 0. The van der Waals surface area contributed by atoms with E-state index in [-0.39, 0.29) is 28.0 Å². The molecule has 3 aliphatic rings. The van der Waals surface area contributed by atoms with Gasteiger partial charge in [0.25, 0.3) is 0 Å². The van der Waals surface area contributed by atoms with Crippen LogP contribution in [-0.4, -0.2) is 53.3 Å². The van der Waals surface area contributed by atoms with Crippen molar-refractivity contribution >= 4 is 22.6 Å². The lowest BCUT2D eigenvalue weighted by atomic mass is 9.86. The van der Waals surface area contributed by atoms with Crippen LogP contribution in [-0.2, 0) is 0 Å². The highest BCUT2D eigenvalue weighted by Crippen LogP contribution is 2.44. The zero-order chi connectivity index (χ0) is 21.2. The van der Waals surface area contributed by atoms with E-state index in [9.17, 15) is 14.7 Å². The van der Waals surface area contributed by atoms with E-state index >= 15 is 8.78 Å². The molecule has 0 bridgehead atoms. The highest BCUT2D eigenvalue weighted by Gasteiger charge is 2.44. The van der Waals surface area contributed by atoms with E-state index in [0.29, 0.717) is 13.1 Å². The Morgan fingerprint density at radius 2 is 1.97 bits per heavy atom. The molecule has 2 aromatic rings. The molecule has 5 rings (SSSR count). The summed E-state index contributed by atoms with van der Waals surface area (Å²) in [5.41, 5.74) is -1.32. The summed E-state index contributed by atoms with van der Waals surface area (Å²) in [6.07, 6.45) is 4.68. The van der Waals surface area contributed by atoms with Crippen molar-refractivity contribution in [3.05, 3.63) is 39.7 Å². The molecule has 1 unspecified atom stereocenters. The van der Waals surface area contributed by atoms with Crippen LogP contribution >= 0.6 is 0 Å². The summed E-state index contributed by atoms with van der Waals surface area (Å²) in [6, 6.07) is 0.969. The smallest absolute Gasteiger partial charge is 0.341 e. The molecular weight excluding hydrogens is 392 g/mol. The number of fused-ring (bicyclic) bond motifs is 1. The van der Waals surface area contributed by atoms with Crippen LogP contribution in [0.5, 0.6) is 0 Å². The van der Waals surface area contributed by atoms with Crippen molar-refractivity contribution in [2.24, 2.45) is 5.41 Å². The molecule has 3 fully saturated rings. The first kappa shape index (κ1) is 19.5. The summed E-state index contributed by atoms with van der Waals surface area (Å²) in [6.45, 7) is 6.19. The average Bonchev–Trinajstić information content (AvgIpc) is 3.36. The van der Waals surface area contributed by atoms with Gasteiger partial charge in [0.15, 0.2) is 5.82 Å². The molecule has 160 valence electrons. The summed E-state index contributed by atoms with van der Waals surface area (Å²) in [4.78, 5) is 28.3. The van der Waals surface area contributed by atoms with Gasteiger partial charge in [-0.15, -0.1) is 0 Å². The zero-order valence-electron chi connectivity index (χ0n) is 17.0. The van der Waals surface area contributed by atoms with E-state index in [2.05, 4.69) is 11.8 Å². The topological polar surface area (TPSA) is 65.8 Å². The van der Waals surface area contributed by atoms with E-state index in [1.165, 1.54) is 10.8 Å². The maximum Gasteiger partial charge on any atom is 0.341 e. The molecule has 0 amide bonds. The van der Waals surface area contributed by atoms with Gasteiger partial charge in [-0.3, -0.25) is 4.79 Å². The van der Waals surface area contributed by atoms with Gasteiger partial charge in [0.1, 0.15) is 17.1 Å². The Balaban J connectivity index is 1.63. The van der Waals surface area contributed by atoms with Crippen LogP contribution in [0, 0.1) is 17.0 Å². The van der Waals surface area contributed by atoms with Gasteiger partial charge >= 0.3 is 5.97 Å². The van der Waals surface area contributed by atoms with Crippen LogP contribution in [0.3, 0.4) is 0 Å². The number of hydrogen-bond donors (Lipinski definition) is 1. The van der Waals surface area contributed by atoms with Crippen LogP contribution in [0.15, 0.2) is 17.1 Å². The van der Waals surface area contributed by atoms with E-state index in [0.717, 1.165) is 51.4 Å². The molecule has 2 aliphatic heterocycles. The third kappa shape index (κ3) is 2.92. The van der Waals surface area contributed by atoms with Crippen molar-refractivity contribution in [3.63, 3.8) is 0 Å². The number of carboxylic acid groups (broad SMARTS) is 1. The van der Waals surface area contributed by atoms with Crippen LogP contribution in [0.2, 0.25) is 0 Å². The number of benzene rings is 1. The van der Waals surface area contributed by atoms with Gasteiger partial charge < -0.3 is 19.5 Å². The van der Waals surface area contributed by atoms with E-state index in [1.54, 1.807) is 4.90 Å². The minimum Gasteiger partial charge on any atom is -0.477 e. The van der Waals surface area contributed by atoms with Gasteiger partial charge in [0.2, 0.25) is 5.43 Å². The van der Waals surface area contributed by atoms with E-state index < -0.39 is 28.6 Å². The fraction of sp³-hybridized carbons (Fsp3) is 0.545. The lowest BCUT2D eigenvalue weighted by Gasteiger charge is -2.26. The Hall–Kier alpha value is -2.48. The lowest BCUT2D eigenvalue weighted by molar-refractivity contribution is 0.0694. The summed E-state index contributed by atoms with van der Waals surface area (Å²) in [7, 11) is 0. The lowest BCUT2D eigenvalue weighted by Crippen LogP contribution is -2.31. The standard InChI is InChI=1S/C22H25F2N3O3/c1-2-25-7-5-22(11-25)6-8-26(12-22)19-16(23)9-14-18(17(19)24)27(13-3-4-13)10-15(20(14)28)21(29)30/h9-10,13H,2-8,11-12H2,1H3,(H,29,30). The number of aromatic nitrogens is 1. The second kappa shape index (κ2) is 6.77. The Morgan fingerprint density at radius 1 is 1.23 bits per heavy atom. The van der Waals surface area contributed by atoms with E-state index in [1.807, 2.05) is 0 Å². The minimum atomic E-state index is -1.38. The van der Waals surface area contributed by atoms with Crippen molar-refractivity contribution in [1.29, 1.82) is 0 Å². The zero-order valence-corrected chi connectivity index (χ0v) is 17.0. The number of carbonyl (C=O) groups is 1. The Morgan fingerprint density at radius 3 is 2.60 bits per heavy atom. The number of nitrogens with zero attached hydrogens (tertiary/aromatic N) is 3. The van der Waals surface area contributed by atoms with Crippen molar-refractivity contribution in [2.45, 2.75) is 38.6 Å². The number of pyridine rings is 1. The number of halogens is 2. The van der Waals surface area contributed by atoms with Crippen molar-refractivity contribution < 1.29 is 18.7 Å². The molecule has 30 heavy (non-hydrogen) atoms. The molecule has 1 saturated carbocycles. The fourth-order valence-electron chi connectivity index (χ4n) is 5.27. The van der Waals surface area contributed by atoms with Gasteiger partial charge in [0.05, 0.1) is 10.9 Å². The first-order chi connectivity index (χ1) is 14.3. The van der Waals surface area contributed by atoms with Gasteiger partial charge in [-0.25, -0.2) is 13.6 Å². The molecular formula is C22H25F2N3O3. The maximum absolute atomic E-state index is 15.8. The quantitative estimate of drug-likeness (QED) is 0.828. The predicted octanol–water partition coefficient (Wildman–Crippen LogP) is 3.23. The van der Waals surface area contributed by atoms with Gasteiger partial charge in [-0.2, -0.15) is 0 Å². The molecule has 2 saturated heterocycles. The molecule has 1 aliphatic carbocycles. The molecule has 6 nitrogen and oxygen atoms in total. The average molecular weight is 417 g/mol. The van der Waals surface area contributed by atoms with Crippen LogP contribution in [0.25, 0.3) is 10.9 Å². The van der Waals surface area contributed by atoms with Crippen molar-refractivity contribution in [3.8, 4) is 0 Å². The third-order valence-electron chi connectivity index (χ3n) is 7.07. The summed E-state index contributed by atoms with van der Waals surface area (Å²) in [5, 5.41) is 9.16. The highest BCUT2D eigenvalue weighted by molar-refractivity contribution is 5.94. The normalized spacial score (nSPS) is 24.4. The second-order valence-corrected chi connectivity index (χ2v) is 9.02. The Kier molecular flexibility index (Phi) is 4.39. The molecule has 1 spiro atoms. The monoisotopic (exact) mass is 417 g/mol. The van der Waals surface area contributed by atoms with Gasteiger partial charge in [-0.05, 0) is 44.8 Å². The summed E-state index contributed by atoms with van der Waals surface area (Å²) in [5.74, 6) is -2.94. The predicted molar refractivity (Wildman–Crippen MR) is 109 cm³/mol. The van der Waals surface area contributed by atoms with Crippen molar-refractivity contribution in [1.82, 2.24) is 9.47 Å². The Labute approximate surface area is 172 Å².